The molecule has 0 spiro atoms. The molecule has 1 nitrogen and oxygen atoms in total. The monoisotopic (exact) mass is 191 g/mol. The maximum atomic E-state index is 5.61. The van der Waals surface area contributed by atoms with Crippen LogP contribution in [0.15, 0.2) is 12.1 Å². The van der Waals surface area contributed by atoms with Crippen LogP contribution in [-0.2, 0) is 5.88 Å². The van der Waals surface area contributed by atoms with Gasteiger partial charge in [0.05, 0.1) is 11.6 Å². The van der Waals surface area contributed by atoms with E-state index in [0.29, 0.717) is 5.88 Å². The average Bonchev–Trinajstić information content (AvgIpc) is 1.85. The molecule has 0 atom stereocenters. The lowest BCUT2D eigenvalue weighted by Gasteiger charge is -1.98. The highest BCUT2D eigenvalue weighted by Gasteiger charge is 1.93. The third kappa shape index (κ3) is 3.08. The van der Waals surface area contributed by atoms with Gasteiger partial charge >= 0.3 is 0 Å². The van der Waals surface area contributed by atoms with Crippen molar-refractivity contribution in [2.75, 3.05) is 0 Å². The molecule has 3 heteroatoms. The molecule has 0 aliphatic heterocycles. The summed E-state index contributed by atoms with van der Waals surface area (Å²) in [4.78, 5) is 4.22. The van der Waals surface area contributed by atoms with E-state index in [4.69, 9.17) is 11.6 Å². The van der Waals surface area contributed by atoms with Crippen LogP contribution in [0.5, 0.6) is 0 Å². The summed E-state index contributed by atoms with van der Waals surface area (Å²) in [5.74, 6) is 0.503. The Morgan fingerprint density at radius 2 is 2.00 bits per heavy atom. The van der Waals surface area contributed by atoms with E-state index in [1.807, 2.05) is 26.0 Å². The molecule has 0 amide bonds. The molecule has 0 aliphatic carbocycles. The summed E-state index contributed by atoms with van der Waals surface area (Å²) in [5, 5.41) is 0. The lowest BCUT2D eigenvalue weighted by Crippen LogP contribution is -1.89. The Hall–Kier alpha value is -0.270. The molecule has 0 saturated carbocycles. The molecule has 0 bridgehead atoms. The fourth-order valence-electron chi connectivity index (χ4n) is 0.993. The number of pyridine rings is 1. The van der Waals surface area contributed by atoms with Crippen LogP contribution in [0.25, 0.3) is 0 Å². The molecule has 1 aromatic rings. The molecule has 1 heterocycles. The first-order valence-electron chi connectivity index (χ1n) is 3.22. The lowest BCUT2D eigenvalue weighted by atomic mass is 10.2. The Morgan fingerprint density at radius 3 is 2.45 bits per heavy atom. The van der Waals surface area contributed by atoms with Crippen LogP contribution in [0.3, 0.4) is 0 Å². The topological polar surface area (TPSA) is 12.9 Å². The van der Waals surface area contributed by atoms with Gasteiger partial charge in [0.15, 0.2) is 0 Å². The minimum atomic E-state index is 0. The van der Waals surface area contributed by atoms with Crippen LogP contribution in [0.2, 0.25) is 0 Å². The Balaban J connectivity index is 0.000001000. The maximum absolute atomic E-state index is 5.61. The van der Waals surface area contributed by atoms with Gasteiger partial charge in [0.2, 0.25) is 0 Å². The summed E-state index contributed by atoms with van der Waals surface area (Å²) >= 11 is 5.61. The van der Waals surface area contributed by atoms with E-state index in [0.717, 1.165) is 11.4 Å². The molecule has 1 aromatic heterocycles. The summed E-state index contributed by atoms with van der Waals surface area (Å²) < 4.78 is 0. The van der Waals surface area contributed by atoms with E-state index in [9.17, 15) is 0 Å². The number of alkyl halides is 1. The fourth-order valence-corrected chi connectivity index (χ4v) is 1.13. The second-order valence-corrected chi connectivity index (χ2v) is 2.68. The number of hydrogen-bond acceptors (Lipinski definition) is 1. The first-order chi connectivity index (χ1) is 4.72. The smallest absolute Gasteiger partial charge is 0.0647 e. The zero-order chi connectivity index (χ0) is 7.56. The minimum Gasteiger partial charge on any atom is -0.257 e. The second-order valence-electron chi connectivity index (χ2n) is 2.41. The highest BCUT2D eigenvalue weighted by atomic mass is 35.5. The van der Waals surface area contributed by atoms with Crippen LogP contribution in [-0.4, -0.2) is 4.98 Å². The van der Waals surface area contributed by atoms with Crippen LogP contribution in [0, 0.1) is 13.8 Å². The molecule has 11 heavy (non-hydrogen) atoms. The second kappa shape index (κ2) is 4.58. The molecular weight excluding hydrogens is 181 g/mol. The van der Waals surface area contributed by atoms with Gasteiger partial charge in [0.25, 0.3) is 0 Å². The van der Waals surface area contributed by atoms with Crippen molar-refractivity contribution in [2.24, 2.45) is 0 Å². The summed E-state index contributed by atoms with van der Waals surface area (Å²) in [6, 6.07) is 4.04. The molecule has 62 valence electrons. The summed E-state index contributed by atoms with van der Waals surface area (Å²) in [7, 11) is 0. The van der Waals surface area contributed by atoms with E-state index in [1.165, 1.54) is 5.56 Å². The van der Waals surface area contributed by atoms with Crippen LogP contribution < -0.4 is 0 Å². The van der Waals surface area contributed by atoms with Crippen molar-refractivity contribution >= 4 is 24.0 Å². The zero-order valence-corrected chi connectivity index (χ0v) is 8.17. The van der Waals surface area contributed by atoms with Crippen molar-refractivity contribution in [2.45, 2.75) is 19.7 Å². The molecule has 0 N–H and O–H groups in total. The first kappa shape index (κ1) is 10.7. The van der Waals surface area contributed by atoms with Crippen molar-refractivity contribution in [3.63, 3.8) is 0 Å². The van der Waals surface area contributed by atoms with E-state index in [-0.39, 0.29) is 12.4 Å². The van der Waals surface area contributed by atoms with Crippen LogP contribution in [0.4, 0.5) is 0 Å². The van der Waals surface area contributed by atoms with Crippen molar-refractivity contribution in [3.8, 4) is 0 Å². The van der Waals surface area contributed by atoms with E-state index in [2.05, 4.69) is 4.98 Å². The Bertz CT molecular complexity index is 215. The van der Waals surface area contributed by atoms with Gasteiger partial charge in [-0.1, -0.05) is 0 Å². The summed E-state index contributed by atoms with van der Waals surface area (Å²) in [5.41, 5.74) is 3.22. The fraction of sp³-hybridized carbons (Fsp3) is 0.375. The normalized spacial score (nSPS) is 9.00. The van der Waals surface area contributed by atoms with Gasteiger partial charge in [0, 0.05) is 5.69 Å². The number of nitrogens with zero attached hydrogens (tertiary/aromatic N) is 1. The summed E-state index contributed by atoms with van der Waals surface area (Å²) in [6.07, 6.45) is 0. The molecule has 0 radical (unpaired) electrons. The zero-order valence-electron chi connectivity index (χ0n) is 6.60. The van der Waals surface area contributed by atoms with Gasteiger partial charge in [-0.3, -0.25) is 4.98 Å². The molecule has 0 aliphatic rings. The number of rotatable bonds is 1. The number of aryl methyl sites for hydroxylation is 2. The van der Waals surface area contributed by atoms with Crippen molar-refractivity contribution in [1.82, 2.24) is 4.98 Å². The predicted molar refractivity (Wildman–Crippen MR) is 50.5 cm³/mol. The van der Waals surface area contributed by atoms with E-state index >= 15 is 0 Å². The quantitative estimate of drug-likeness (QED) is 0.623. The van der Waals surface area contributed by atoms with Gasteiger partial charge in [-0.15, -0.1) is 24.0 Å². The Morgan fingerprint density at radius 1 is 1.36 bits per heavy atom. The standard InChI is InChI=1S/C8H10ClN.ClH/c1-6-3-7(2)10-8(4-6)5-9;/h3-4H,5H2,1-2H3;1H. The first-order valence-corrected chi connectivity index (χ1v) is 3.76. The van der Waals surface area contributed by atoms with Crippen molar-refractivity contribution < 1.29 is 0 Å². The van der Waals surface area contributed by atoms with E-state index in [1.54, 1.807) is 0 Å². The lowest BCUT2D eigenvalue weighted by molar-refractivity contribution is 1.09. The molecular formula is C8H11Cl2N. The molecule has 0 unspecified atom stereocenters. The number of halogens is 2. The third-order valence-corrected chi connectivity index (χ3v) is 1.56. The van der Waals surface area contributed by atoms with Gasteiger partial charge in [0.1, 0.15) is 0 Å². The SMILES string of the molecule is Cc1cc(C)nc(CCl)c1.Cl. The van der Waals surface area contributed by atoms with Crippen molar-refractivity contribution in [3.05, 3.63) is 29.1 Å². The highest BCUT2D eigenvalue weighted by Crippen LogP contribution is 2.05. The number of aromatic nitrogens is 1. The highest BCUT2D eigenvalue weighted by molar-refractivity contribution is 6.16. The minimum absolute atomic E-state index is 0. The van der Waals surface area contributed by atoms with E-state index < -0.39 is 0 Å². The predicted octanol–water partition coefficient (Wildman–Crippen LogP) is 2.86. The molecule has 1 rings (SSSR count). The summed E-state index contributed by atoms with van der Waals surface area (Å²) in [6.45, 7) is 4.02. The Kier molecular flexibility index (Phi) is 4.46. The maximum Gasteiger partial charge on any atom is 0.0647 e. The number of hydrogen-bond donors (Lipinski definition) is 0. The third-order valence-electron chi connectivity index (χ3n) is 1.29. The van der Waals surface area contributed by atoms with Crippen molar-refractivity contribution in [1.29, 1.82) is 0 Å². The average molecular weight is 192 g/mol. The van der Waals surface area contributed by atoms with Gasteiger partial charge in [-0.25, -0.2) is 0 Å². The van der Waals surface area contributed by atoms with Crippen LogP contribution in [0.1, 0.15) is 17.0 Å². The molecule has 0 fully saturated rings. The van der Waals surface area contributed by atoms with Gasteiger partial charge in [-0.2, -0.15) is 0 Å². The van der Waals surface area contributed by atoms with Crippen LogP contribution >= 0.6 is 24.0 Å². The largest absolute Gasteiger partial charge is 0.257 e. The molecule has 0 aromatic carbocycles. The molecule has 0 saturated heterocycles. The van der Waals surface area contributed by atoms with Gasteiger partial charge < -0.3 is 0 Å². The Labute approximate surface area is 78.2 Å². The van der Waals surface area contributed by atoms with Gasteiger partial charge in [-0.05, 0) is 31.5 Å².